The van der Waals surface area contributed by atoms with Gasteiger partial charge in [-0.15, -0.1) is 6.58 Å². The Kier molecular flexibility index (Phi) is 4.33. The van der Waals surface area contributed by atoms with Gasteiger partial charge in [0.15, 0.2) is 0 Å². The molecule has 0 aromatic rings. The van der Waals surface area contributed by atoms with Crippen molar-refractivity contribution in [3.05, 3.63) is 12.7 Å². The van der Waals surface area contributed by atoms with Crippen LogP contribution in [-0.2, 0) is 4.79 Å². The highest BCUT2D eigenvalue weighted by Gasteiger charge is 2.29. The fraction of sp³-hybridized carbons (Fsp3) is 0.750. The molecule has 15 heavy (non-hydrogen) atoms. The Morgan fingerprint density at radius 3 is 2.67 bits per heavy atom. The van der Waals surface area contributed by atoms with E-state index in [1.807, 2.05) is 0 Å². The molecule has 3 heteroatoms. The summed E-state index contributed by atoms with van der Waals surface area (Å²) in [6.45, 7) is 5.70. The van der Waals surface area contributed by atoms with Gasteiger partial charge in [0.1, 0.15) is 0 Å². The molecule has 0 heterocycles. The summed E-state index contributed by atoms with van der Waals surface area (Å²) in [6.07, 6.45) is 8.06. The van der Waals surface area contributed by atoms with Crippen molar-refractivity contribution in [1.82, 2.24) is 5.32 Å². The molecule has 1 atom stereocenters. The molecule has 1 aliphatic rings. The Labute approximate surface area is 92.1 Å². The maximum Gasteiger partial charge on any atom is 0.237 e. The first-order valence-corrected chi connectivity index (χ1v) is 5.76. The van der Waals surface area contributed by atoms with Crippen molar-refractivity contribution in [1.29, 1.82) is 0 Å². The minimum atomic E-state index is -0.443. The maximum absolute atomic E-state index is 11.7. The van der Waals surface area contributed by atoms with Gasteiger partial charge in [-0.2, -0.15) is 0 Å². The maximum atomic E-state index is 11.7. The topological polar surface area (TPSA) is 55.1 Å². The van der Waals surface area contributed by atoms with Crippen molar-refractivity contribution in [2.45, 2.75) is 57.0 Å². The lowest BCUT2D eigenvalue weighted by atomic mass is 9.83. The van der Waals surface area contributed by atoms with E-state index >= 15 is 0 Å². The van der Waals surface area contributed by atoms with Crippen molar-refractivity contribution in [3.63, 3.8) is 0 Å². The van der Waals surface area contributed by atoms with Crippen molar-refractivity contribution in [2.24, 2.45) is 5.73 Å². The minimum absolute atomic E-state index is 0.0336. The van der Waals surface area contributed by atoms with Crippen LogP contribution >= 0.6 is 0 Å². The first-order valence-electron chi connectivity index (χ1n) is 5.76. The second-order valence-electron chi connectivity index (χ2n) is 4.74. The fourth-order valence-corrected chi connectivity index (χ4v) is 2.13. The smallest absolute Gasteiger partial charge is 0.237 e. The van der Waals surface area contributed by atoms with Crippen LogP contribution in [0.2, 0.25) is 0 Å². The average molecular weight is 210 g/mol. The summed E-state index contributed by atoms with van der Waals surface area (Å²) in [5.41, 5.74) is 5.69. The van der Waals surface area contributed by atoms with Gasteiger partial charge in [-0.1, -0.05) is 25.3 Å². The Balaban J connectivity index is 2.44. The molecule has 1 fully saturated rings. The van der Waals surface area contributed by atoms with E-state index < -0.39 is 6.04 Å². The molecule has 1 aliphatic carbocycles. The molecule has 3 N–H and O–H groups in total. The van der Waals surface area contributed by atoms with Gasteiger partial charge in [-0.3, -0.25) is 4.79 Å². The number of carbonyl (C=O) groups is 1. The van der Waals surface area contributed by atoms with E-state index in [4.69, 9.17) is 5.73 Å². The molecule has 0 bridgehead atoms. The molecule has 0 radical (unpaired) electrons. The lowest BCUT2D eigenvalue weighted by Crippen LogP contribution is -2.52. The summed E-state index contributed by atoms with van der Waals surface area (Å²) in [5.74, 6) is -0.0423. The van der Waals surface area contributed by atoms with E-state index in [0.717, 1.165) is 12.8 Å². The van der Waals surface area contributed by atoms with Crippen molar-refractivity contribution in [3.8, 4) is 0 Å². The van der Waals surface area contributed by atoms with Gasteiger partial charge >= 0.3 is 0 Å². The van der Waals surface area contributed by atoms with Gasteiger partial charge < -0.3 is 11.1 Å². The second kappa shape index (κ2) is 5.31. The number of nitrogens with one attached hydrogen (secondary N) is 1. The largest absolute Gasteiger partial charge is 0.350 e. The highest BCUT2D eigenvalue weighted by Crippen LogP contribution is 2.27. The van der Waals surface area contributed by atoms with E-state index in [-0.39, 0.29) is 11.4 Å². The third kappa shape index (κ3) is 3.67. The average Bonchev–Trinajstić information content (AvgIpc) is 2.18. The Morgan fingerprint density at radius 2 is 2.13 bits per heavy atom. The number of hydrogen-bond acceptors (Lipinski definition) is 2. The van der Waals surface area contributed by atoms with E-state index in [9.17, 15) is 4.79 Å². The van der Waals surface area contributed by atoms with Crippen LogP contribution in [0, 0.1) is 0 Å². The van der Waals surface area contributed by atoms with Crippen LogP contribution in [0.15, 0.2) is 12.7 Å². The third-order valence-corrected chi connectivity index (χ3v) is 3.14. The lowest BCUT2D eigenvalue weighted by Gasteiger charge is -2.35. The standard InChI is InChI=1S/C12H22N2O/c1-3-7-10(13)11(15)14-12(2)8-5-4-6-9-12/h3,10H,1,4-9,13H2,2H3,(H,14,15). The third-order valence-electron chi connectivity index (χ3n) is 3.14. The Hall–Kier alpha value is -0.830. The summed E-state index contributed by atoms with van der Waals surface area (Å²) in [5, 5.41) is 3.07. The monoisotopic (exact) mass is 210 g/mol. The first kappa shape index (κ1) is 12.2. The van der Waals surface area contributed by atoms with Crippen LogP contribution in [-0.4, -0.2) is 17.5 Å². The summed E-state index contributed by atoms with van der Waals surface area (Å²) < 4.78 is 0. The zero-order valence-corrected chi connectivity index (χ0v) is 9.59. The predicted molar refractivity (Wildman–Crippen MR) is 62.4 cm³/mol. The van der Waals surface area contributed by atoms with Crippen molar-refractivity contribution < 1.29 is 4.79 Å². The minimum Gasteiger partial charge on any atom is -0.350 e. The molecular weight excluding hydrogens is 188 g/mol. The highest BCUT2D eigenvalue weighted by molar-refractivity contribution is 5.82. The lowest BCUT2D eigenvalue weighted by molar-refractivity contribution is -0.124. The van der Waals surface area contributed by atoms with E-state index in [1.165, 1.54) is 19.3 Å². The fourth-order valence-electron chi connectivity index (χ4n) is 2.13. The molecular formula is C12H22N2O. The number of nitrogens with two attached hydrogens (primary N) is 1. The SMILES string of the molecule is C=CCC(N)C(=O)NC1(C)CCCCC1. The van der Waals surface area contributed by atoms with Crippen LogP contribution in [0.1, 0.15) is 45.4 Å². The molecule has 0 spiro atoms. The molecule has 1 unspecified atom stereocenters. The van der Waals surface area contributed by atoms with Crippen molar-refractivity contribution >= 4 is 5.91 Å². The Bertz CT molecular complexity index is 232. The number of amides is 1. The summed E-state index contributed by atoms with van der Waals surface area (Å²) in [4.78, 5) is 11.7. The molecule has 3 nitrogen and oxygen atoms in total. The van der Waals surface area contributed by atoms with E-state index in [0.29, 0.717) is 6.42 Å². The number of rotatable bonds is 4. The molecule has 1 saturated carbocycles. The summed E-state index contributed by atoms with van der Waals surface area (Å²) in [7, 11) is 0. The second-order valence-corrected chi connectivity index (χ2v) is 4.74. The Morgan fingerprint density at radius 1 is 1.53 bits per heavy atom. The highest BCUT2D eigenvalue weighted by atomic mass is 16.2. The quantitative estimate of drug-likeness (QED) is 0.694. The van der Waals surface area contributed by atoms with Gasteiger partial charge in [-0.25, -0.2) is 0 Å². The van der Waals surface area contributed by atoms with Gasteiger partial charge in [0.2, 0.25) is 5.91 Å². The normalized spacial score (nSPS) is 21.7. The molecule has 0 aromatic heterocycles. The predicted octanol–water partition coefficient (Wildman–Crippen LogP) is 1.73. The zero-order chi connectivity index (χ0) is 11.3. The first-order chi connectivity index (χ1) is 7.07. The van der Waals surface area contributed by atoms with Crippen LogP contribution in [0.5, 0.6) is 0 Å². The van der Waals surface area contributed by atoms with Crippen LogP contribution in [0.3, 0.4) is 0 Å². The number of hydrogen-bond donors (Lipinski definition) is 2. The van der Waals surface area contributed by atoms with E-state index in [1.54, 1.807) is 6.08 Å². The van der Waals surface area contributed by atoms with Gasteiger partial charge in [0.25, 0.3) is 0 Å². The van der Waals surface area contributed by atoms with Crippen molar-refractivity contribution in [2.75, 3.05) is 0 Å². The molecule has 0 aliphatic heterocycles. The van der Waals surface area contributed by atoms with Crippen LogP contribution in [0.25, 0.3) is 0 Å². The molecule has 0 saturated heterocycles. The van der Waals surface area contributed by atoms with Crippen LogP contribution in [0.4, 0.5) is 0 Å². The summed E-state index contributed by atoms with van der Waals surface area (Å²) in [6, 6.07) is -0.443. The molecule has 1 rings (SSSR count). The summed E-state index contributed by atoms with van der Waals surface area (Å²) >= 11 is 0. The van der Waals surface area contributed by atoms with Gasteiger partial charge in [0.05, 0.1) is 6.04 Å². The molecule has 1 amide bonds. The zero-order valence-electron chi connectivity index (χ0n) is 9.59. The number of carbonyl (C=O) groups excluding carboxylic acids is 1. The van der Waals surface area contributed by atoms with E-state index in [2.05, 4.69) is 18.8 Å². The van der Waals surface area contributed by atoms with Gasteiger partial charge in [0, 0.05) is 5.54 Å². The van der Waals surface area contributed by atoms with Crippen LogP contribution < -0.4 is 11.1 Å². The molecule has 86 valence electrons. The molecule has 0 aromatic carbocycles. The van der Waals surface area contributed by atoms with Gasteiger partial charge in [-0.05, 0) is 26.2 Å².